The summed E-state index contributed by atoms with van der Waals surface area (Å²) in [6, 6.07) is 0. The van der Waals surface area contributed by atoms with Crippen LogP contribution in [-0.4, -0.2) is 60.5 Å². The second kappa shape index (κ2) is 42.5. The SMILES string of the molecule is CCCCCCCC/C=C\CCCCCCCCCCCC(=O)O[C@H](COC(=O)CCC/C=C\C/C=C\C/C=C\C/C=C\C=C\[C@@H](O)CC)COP(=O)(O)OCCN. The summed E-state index contributed by atoms with van der Waals surface area (Å²) < 4.78 is 32.7. The van der Waals surface area contributed by atoms with Crippen LogP contribution < -0.4 is 5.73 Å². The fourth-order valence-corrected chi connectivity index (χ4v) is 6.50. The maximum Gasteiger partial charge on any atom is 0.472 e. The number of aliphatic hydroxyl groups is 1. The average molecular weight is 836 g/mol. The van der Waals surface area contributed by atoms with Gasteiger partial charge in [-0.05, 0) is 70.6 Å². The van der Waals surface area contributed by atoms with Crippen LogP contribution in [0.1, 0.15) is 174 Å². The normalized spacial score (nSPS) is 14.5. The number of aliphatic hydroxyl groups excluding tert-OH is 1. The van der Waals surface area contributed by atoms with Gasteiger partial charge in [-0.3, -0.25) is 18.6 Å². The summed E-state index contributed by atoms with van der Waals surface area (Å²) in [4.78, 5) is 34.9. The van der Waals surface area contributed by atoms with Crippen LogP contribution in [0.3, 0.4) is 0 Å². The van der Waals surface area contributed by atoms with E-state index in [1.165, 1.54) is 83.5 Å². The molecule has 0 rings (SSSR count). The number of esters is 2. The second-order valence-electron chi connectivity index (χ2n) is 14.7. The minimum atomic E-state index is -4.40. The van der Waals surface area contributed by atoms with E-state index < -0.39 is 32.5 Å². The van der Waals surface area contributed by atoms with Crippen LogP contribution in [0, 0.1) is 0 Å². The number of unbranched alkanes of at least 4 members (excludes halogenated alkanes) is 16. The zero-order valence-electron chi connectivity index (χ0n) is 36.4. The van der Waals surface area contributed by atoms with Crippen LogP contribution in [0.5, 0.6) is 0 Å². The lowest BCUT2D eigenvalue weighted by molar-refractivity contribution is -0.161. The summed E-state index contributed by atoms with van der Waals surface area (Å²) in [6.45, 7) is 3.31. The number of ether oxygens (including phenoxy) is 2. The van der Waals surface area contributed by atoms with Crippen molar-refractivity contribution in [1.82, 2.24) is 0 Å². The highest BCUT2D eigenvalue weighted by Gasteiger charge is 2.26. The maximum absolute atomic E-state index is 12.6. The van der Waals surface area contributed by atoms with Gasteiger partial charge in [-0.15, -0.1) is 0 Å². The molecule has 0 spiro atoms. The Balaban J connectivity index is 4.24. The van der Waals surface area contributed by atoms with E-state index in [9.17, 15) is 24.2 Å². The van der Waals surface area contributed by atoms with Crippen LogP contribution in [0.15, 0.2) is 72.9 Å². The van der Waals surface area contributed by atoms with E-state index in [0.29, 0.717) is 25.7 Å². The quantitative estimate of drug-likeness (QED) is 0.0178. The third-order valence-corrected chi connectivity index (χ3v) is 10.2. The highest BCUT2D eigenvalue weighted by molar-refractivity contribution is 7.47. The molecule has 0 aromatic carbocycles. The van der Waals surface area contributed by atoms with E-state index in [0.717, 1.165) is 38.5 Å². The molecule has 0 radical (unpaired) electrons. The molecule has 0 bridgehead atoms. The van der Waals surface area contributed by atoms with E-state index in [-0.39, 0.29) is 38.7 Å². The molecular formula is C47H82NO9P. The van der Waals surface area contributed by atoms with Crippen molar-refractivity contribution >= 4 is 19.8 Å². The number of nitrogens with two attached hydrogens (primary N) is 1. The first kappa shape index (κ1) is 55.4. The Labute approximate surface area is 353 Å². The van der Waals surface area contributed by atoms with Gasteiger partial charge in [-0.2, -0.15) is 0 Å². The topological polar surface area (TPSA) is 155 Å². The van der Waals surface area contributed by atoms with Gasteiger partial charge in [0.15, 0.2) is 6.10 Å². The lowest BCUT2D eigenvalue weighted by Crippen LogP contribution is -2.29. The number of phosphoric ester groups is 1. The first-order valence-electron chi connectivity index (χ1n) is 22.5. The van der Waals surface area contributed by atoms with Crippen molar-refractivity contribution in [2.24, 2.45) is 5.73 Å². The molecule has 0 amide bonds. The molecule has 0 aliphatic carbocycles. The summed E-state index contributed by atoms with van der Waals surface area (Å²) in [7, 11) is -4.40. The molecule has 0 fully saturated rings. The molecular weight excluding hydrogens is 753 g/mol. The van der Waals surface area contributed by atoms with Crippen molar-refractivity contribution in [3.63, 3.8) is 0 Å². The molecule has 0 saturated heterocycles. The van der Waals surface area contributed by atoms with Crippen molar-refractivity contribution in [3.8, 4) is 0 Å². The van der Waals surface area contributed by atoms with E-state index in [1.54, 1.807) is 6.08 Å². The molecule has 0 aliphatic heterocycles. The van der Waals surface area contributed by atoms with Gasteiger partial charge in [-0.25, -0.2) is 4.57 Å². The highest BCUT2D eigenvalue weighted by Crippen LogP contribution is 2.43. The largest absolute Gasteiger partial charge is 0.472 e. The molecule has 0 heterocycles. The highest BCUT2D eigenvalue weighted by atomic mass is 31.2. The fraction of sp³-hybridized carbons (Fsp3) is 0.702. The van der Waals surface area contributed by atoms with Crippen molar-refractivity contribution in [2.75, 3.05) is 26.4 Å². The Bertz CT molecular complexity index is 1200. The van der Waals surface area contributed by atoms with Gasteiger partial charge in [0.2, 0.25) is 0 Å². The number of phosphoric acid groups is 1. The van der Waals surface area contributed by atoms with E-state index >= 15 is 0 Å². The summed E-state index contributed by atoms with van der Waals surface area (Å²) in [6.07, 6.45) is 48.9. The Hall–Kier alpha value is -2.59. The number of carbonyl (C=O) groups excluding carboxylic acids is 2. The van der Waals surface area contributed by atoms with Gasteiger partial charge in [-0.1, -0.05) is 164 Å². The van der Waals surface area contributed by atoms with Gasteiger partial charge in [0.25, 0.3) is 0 Å². The lowest BCUT2D eigenvalue weighted by atomic mass is 10.1. The molecule has 0 aromatic heterocycles. The van der Waals surface area contributed by atoms with Crippen molar-refractivity contribution < 1.29 is 42.7 Å². The van der Waals surface area contributed by atoms with E-state index in [4.69, 9.17) is 24.3 Å². The average Bonchev–Trinajstić information content (AvgIpc) is 3.21. The van der Waals surface area contributed by atoms with E-state index in [1.807, 2.05) is 31.2 Å². The second-order valence-corrected chi connectivity index (χ2v) is 16.2. The number of carbonyl (C=O) groups is 2. The van der Waals surface area contributed by atoms with Gasteiger partial charge >= 0.3 is 19.8 Å². The Kier molecular flexibility index (Phi) is 40.6. The molecule has 334 valence electrons. The van der Waals surface area contributed by atoms with Crippen molar-refractivity contribution in [3.05, 3.63) is 72.9 Å². The molecule has 10 nitrogen and oxygen atoms in total. The molecule has 11 heteroatoms. The summed E-state index contributed by atoms with van der Waals surface area (Å²) in [5, 5.41) is 9.47. The zero-order valence-corrected chi connectivity index (χ0v) is 37.3. The van der Waals surface area contributed by atoms with Crippen LogP contribution in [-0.2, 0) is 32.7 Å². The molecule has 0 aromatic rings. The third-order valence-electron chi connectivity index (χ3n) is 9.23. The minimum Gasteiger partial charge on any atom is -0.462 e. The molecule has 3 atom stereocenters. The minimum absolute atomic E-state index is 0.0369. The number of rotatable bonds is 41. The Morgan fingerprint density at radius 3 is 1.69 bits per heavy atom. The van der Waals surface area contributed by atoms with Crippen LogP contribution >= 0.6 is 7.82 Å². The summed E-state index contributed by atoms with van der Waals surface area (Å²) in [5.41, 5.74) is 5.34. The predicted molar refractivity (Wildman–Crippen MR) is 239 cm³/mol. The Morgan fingerprint density at radius 1 is 0.603 bits per heavy atom. The van der Waals surface area contributed by atoms with Crippen LogP contribution in [0.2, 0.25) is 0 Å². The molecule has 4 N–H and O–H groups in total. The predicted octanol–water partition coefficient (Wildman–Crippen LogP) is 12.0. The first-order chi connectivity index (χ1) is 28.2. The van der Waals surface area contributed by atoms with Crippen LogP contribution in [0.25, 0.3) is 0 Å². The number of hydrogen-bond donors (Lipinski definition) is 3. The smallest absolute Gasteiger partial charge is 0.462 e. The molecule has 0 aliphatic rings. The fourth-order valence-electron chi connectivity index (χ4n) is 5.73. The standard InChI is InChI=1S/C47H82NO9P/c1-3-5-6-7-8-9-10-11-12-13-14-15-16-21-24-27-30-33-36-39-47(51)57-45(43-56-58(52,53)55-41-40-48)42-54-46(50)38-35-32-29-26-23-20-18-17-19-22-25-28-31-34-37-44(49)4-2/h11-12,18-20,22,26,28-29,31,34,37,44-45,49H,3-10,13-17,21,23-25,27,30,32-33,35-36,38-43,48H2,1-2H3,(H,52,53)/b12-11-,20-18-,22-19-,29-26-,31-28-,37-34+/t44-,45+/m0/s1. The molecule has 58 heavy (non-hydrogen) atoms. The van der Waals surface area contributed by atoms with E-state index in [2.05, 4.69) is 49.5 Å². The van der Waals surface area contributed by atoms with Gasteiger partial charge in [0, 0.05) is 19.4 Å². The lowest BCUT2D eigenvalue weighted by Gasteiger charge is -2.19. The first-order valence-corrected chi connectivity index (χ1v) is 24.0. The zero-order chi connectivity index (χ0) is 42.6. The van der Waals surface area contributed by atoms with Gasteiger partial charge < -0.3 is 25.2 Å². The van der Waals surface area contributed by atoms with Crippen molar-refractivity contribution in [2.45, 2.75) is 187 Å². The van der Waals surface area contributed by atoms with Gasteiger partial charge in [0.1, 0.15) is 6.61 Å². The van der Waals surface area contributed by atoms with Gasteiger partial charge in [0.05, 0.1) is 19.3 Å². The number of hydrogen-bond acceptors (Lipinski definition) is 9. The number of allylic oxidation sites excluding steroid dienone is 11. The Morgan fingerprint density at radius 2 is 1.10 bits per heavy atom. The monoisotopic (exact) mass is 836 g/mol. The summed E-state index contributed by atoms with van der Waals surface area (Å²) >= 11 is 0. The van der Waals surface area contributed by atoms with Crippen LogP contribution in [0.4, 0.5) is 0 Å². The summed E-state index contributed by atoms with van der Waals surface area (Å²) in [5.74, 6) is -0.922. The molecule has 0 saturated carbocycles. The molecule has 1 unspecified atom stereocenters. The van der Waals surface area contributed by atoms with Crippen molar-refractivity contribution in [1.29, 1.82) is 0 Å². The maximum atomic E-state index is 12.6. The third kappa shape index (κ3) is 41.6.